The lowest BCUT2D eigenvalue weighted by Gasteiger charge is -2.04. The zero-order valence-corrected chi connectivity index (χ0v) is 19.2. The summed E-state index contributed by atoms with van der Waals surface area (Å²) in [5, 5.41) is 9.99. The number of carbonyl (C=O) groups is 2. The third-order valence-corrected chi connectivity index (χ3v) is 6.12. The number of aromatic amines is 2. The van der Waals surface area contributed by atoms with E-state index in [1.165, 1.54) is 11.8 Å². The molecule has 0 bridgehead atoms. The monoisotopic (exact) mass is 468 g/mol. The highest BCUT2D eigenvalue weighted by Crippen LogP contribution is 2.27. The van der Waals surface area contributed by atoms with Crippen molar-refractivity contribution in [2.45, 2.75) is 43.5 Å². The predicted molar refractivity (Wildman–Crippen MR) is 124 cm³/mol. The first kappa shape index (κ1) is 22.7. The van der Waals surface area contributed by atoms with Crippen molar-refractivity contribution in [2.24, 2.45) is 7.05 Å². The fourth-order valence-corrected chi connectivity index (χ4v) is 4.41. The first-order chi connectivity index (χ1) is 16.0. The molecule has 0 aliphatic heterocycles. The summed E-state index contributed by atoms with van der Waals surface area (Å²) in [4.78, 5) is 45.8. The second kappa shape index (κ2) is 9.99. The van der Waals surface area contributed by atoms with Gasteiger partial charge in [0.05, 0.1) is 17.8 Å². The highest BCUT2D eigenvalue weighted by Gasteiger charge is 2.17. The summed E-state index contributed by atoms with van der Waals surface area (Å²) in [6.45, 7) is 2.10. The van der Waals surface area contributed by atoms with Crippen LogP contribution in [-0.2, 0) is 22.3 Å². The van der Waals surface area contributed by atoms with E-state index in [2.05, 4.69) is 25.1 Å². The van der Waals surface area contributed by atoms with E-state index < -0.39 is 5.69 Å². The van der Waals surface area contributed by atoms with Crippen molar-refractivity contribution in [3.05, 3.63) is 46.1 Å². The van der Waals surface area contributed by atoms with Crippen molar-refractivity contribution in [1.29, 1.82) is 0 Å². The van der Waals surface area contributed by atoms with E-state index in [0.29, 0.717) is 41.7 Å². The molecule has 0 atom stereocenters. The maximum atomic E-state index is 12.6. The minimum atomic E-state index is -0.441. The van der Waals surface area contributed by atoms with E-state index in [1.54, 1.807) is 6.92 Å². The molecule has 172 valence electrons. The predicted octanol–water partition coefficient (Wildman–Crippen LogP) is 3.13. The second-order valence-corrected chi connectivity index (χ2v) is 8.44. The largest absolute Gasteiger partial charge is 0.466 e. The molecule has 0 aliphatic rings. The third-order valence-electron chi connectivity index (χ3n) is 5.26. The second-order valence-electron chi connectivity index (χ2n) is 7.50. The number of thioether (sulfide) groups is 1. The standard InChI is InChI=1S/C22H24N6O4S/c1-3-32-17(30)11-7-6-10-16(29)19-14(23-21(31)24-19)12-33-22-25-20-18(26-27-22)13-8-4-5-9-15(13)28(20)2/h4-5,8-9H,3,6-7,10-12H2,1-2H3,(H2,23,24,31). The molecule has 0 radical (unpaired) electrons. The smallest absolute Gasteiger partial charge is 0.323 e. The Balaban J connectivity index is 1.43. The molecule has 0 aliphatic carbocycles. The molecule has 3 aromatic heterocycles. The summed E-state index contributed by atoms with van der Waals surface area (Å²) in [5.41, 5.74) is 2.76. The molecule has 0 fully saturated rings. The number of fused-ring (bicyclic) bond motifs is 3. The third kappa shape index (κ3) is 4.98. The Morgan fingerprint density at radius 1 is 1.12 bits per heavy atom. The Morgan fingerprint density at radius 2 is 1.91 bits per heavy atom. The molecule has 11 heteroatoms. The Hall–Kier alpha value is -3.47. The average Bonchev–Trinajstić information content (AvgIpc) is 3.33. The number of carbonyl (C=O) groups excluding carboxylic acids is 2. The lowest BCUT2D eigenvalue weighted by atomic mass is 10.1. The van der Waals surface area contributed by atoms with Crippen LogP contribution < -0.4 is 5.69 Å². The summed E-state index contributed by atoms with van der Waals surface area (Å²) < 4.78 is 6.85. The molecule has 0 saturated heterocycles. The van der Waals surface area contributed by atoms with Gasteiger partial charge in [-0.1, -0.05) is 30.0 Å². The number of ether oxygens (including phenoxy) is 1. The van der Waals surface area contributed by atoms with Crippen molar-refractivity contribution < 1.29 is 14.3 Å². The Bertz CT molecular complexity index is 1370. The van der Waals surface area contributed by atoms with Gasteiger partial charge in [0.1, 0.15) is 11.2 Å². The number of hydrogen-bond donors (Lipinski definition) is 2. The average molecular weight is 469 g/mol. The minimum Gasteiger partial charge on any atom is -0.466 e. The fraction of sp³-hybridized carbons (Fsp3) is 0.364. The molecule has 0 saturated carbocycles. The fourth-order valence-electron chi connectivity index (χ4n) is 3.67. The van der Waals surface area contributed by atoms with Crippen molar-refractivity contribution in [3.63, 3.8) is 0 Å². The van der Waals surface area contributed by atoms with Crippen LogP contribution >= 0.6 is 11.8 Å². The number of unbranched alkanes of at least 4 members (excludes halogenated alkanes) is 1. The molecular formula is C22H24N6O4S. The first-order valence-corrected chi connectivity index (χ1v) is 11.7. The van der Waals surface area contributed by atoms with Crippen molar-refractivity contribution >= 4 is 45.6 Å². The van der Waals surface area contributed by atoms with E-state index in [1.807, 2.05) is 35.9 Å². The number of nitrogens with zero attached hydrogens (tertiary/aromatic N) is 4. The molecule has 1 aromatic carbocycles. The number of benzene rings is 1. The van der Waals surface area contributed by atoms with Crippen LogP contribution in [0.15, 0.2) is 34.2 Å². The van der Waals surface area contributed by atoms with Crippen LogP contribution in [0.2, 0.25) is 0 Å². The van der Waals surface area contributed by atoms with Gasteiger partial charge in [-0.25, -0.2) is 9.78 Å². The maximum Gasteiger partial charge on any atom is 0.323 e. The van der Waals surface area contributed by atoms with Gasteiger partial charge in [-0.2, -0.15) is 0 Å². The summed E-state index contributed by atoms with van der Waals surface area (Å²) in [6, 6.07) is 7.89. The van der Waals surface area contributed by atoms with Gasteiger partial charge in [0.15, 0.2) is 11.4 Å². The zero-order valence-electron chi connectivity index (χ0n) is 18.4. The minimum absolute atomic E-state index is 0.184. The number of esters is 1. The molecule has 4 rings (SSSR count). The van der Waals surface area contributed by atoms with Crippen molar-refractivity contribution in [3.8, 4) is 0 Å². The van der Waals surface area contributed by atoms with Crippen LogP contribution in [0.3, 0.4) is 0 Å². The van der Waals surface area contributed by atoms with Gasteiger partial charge >= 0.3 is 11.7 Å². The number of nitrogens with one attached hydrogen (secondary N) is 2. The molecule has 0 spiro atoms. The summed E-state index contributed by atoms with van der Waals surface area (Å²) in [6.07, 6.45) is 1.58. The molecule has 2 N–H and O–H groups in total. The molecule has 10 nitrogen and oxygen atoms in total. The Labute approximate surface area is 193 Å². The summed E-state index contributed by atoms with van der Waals surface area (Å²) in [5.74, 6) is -0.149. The number of rotatable bonds is 10. The van der Waals surface area contributed by atoms with E-state index >= 15 is 0 Å². The molecular weight excluding hydrogens is 444 g/mol. The molecule has 3 heterocycles. The molecule has 33 heavy (non-hydrogen) atoms. The van der Waals surface area contributed by atoms with E-state index in [4.69, 9.17) is 4.74 Å². The van der Waals surface area contributed by atoms with Crippen molar-refractivity contribution in [1.82, 2.24) is 29.7 Å². The van der Waals surface area contributed by atoms with Crippen LogP contribution in [0.1, 0.15) is 48.8 Å². The number of para-hydroxylation sites is 1. The number of H-pyrrole nitrogens is 2. The first-order valence-electron chi connectivity index (χ1n) is 10.7. The van der Waals surface area contributed by atoms with Crippen LogP contribution in [0, 0.1) is 0 Å². The maximum absolute atomic E-state index is 12.6. The number of ketones is 1. The lowest BCUT2D eigenvalue weighted by Crippen LogP contribution is -2.07. The summed E-state index contributed by atoms with van der Waals surface area (Å²) >= 11 is 1.29. The van der Waals surface area contributed by atoms with Gasteiger partial charge < -0.3 is 19.3 Å². The van der Waals surface area contributed by atoms with Crippen LogP contribution in [0.25, 0.3) is 22.1 Å². The topological polar surface area (TPSA) is 136 Å². The SMILES string of the molecule is CCOC(=O)CCCCC(=O)c1[nH]c(=O)[nH]c1CSc1nnc2c3ccccc3n(C)c2n1. The number of imidazole rings is 1. The van der Waals surface area contributed by atoms with E-state index in [9.17, 15) is 14.4 Å². The highest BCUT2D eigenvalue weighted by molar-refractivity contribution is 7.98. The van der Waals surface area contributed by atoms with E-state index in [0.717, 1.165) is 16.4 Å². The number of aromatic nitrogens is 6. The zero-order chi connectivity index (χ0) is 23.4. The van der Waals surface area contributed by atoms with Gasteiger partial charge in [-0.15, -0.1) is 10.2 Å². The van der Waals surface area contributed by atoms with E-state index in [-0.39, 0.29) is 30.3 Å². The summed E-state index contributed by atoms with van der Waals surface area (Å²) in [7, 11) is 1.93. The van der Waals surface area contributed by atoms with Crippen LogP contribution in [0.4, 0.5) is 0 Å². The van der Waals surface area contributed by atoms with Crippen LogP contribution in [0.5, 0.6) is 0 Å². The molecule has 0 unspecified atom stereocenters. The van der Waals surface area contributed by atoms with Gasteiger partial charge in [0.25, 0.3) is 0 Å². The molecule has 0 amide bonds. The number of Topliss-reactive ketones (excluding diaryl/α,β-unsaturated/α-hetero) is 1. The highest BCUT2D eigenvalue weighted by atomic mass is 32.2. The Kier molecular flexibility index (Phi) is 6.87. The molecule has 4 aromatic rings. The van der Waals surface area contributed by atoms with Gasteiger partial charge in [0.2, 0.25) is 5.16 Å². The Morgan fingerprint density at radius 3 is 2.73 bits per heavy atom. The van der Waals surface area contributed by atoms with Gasteiger partial charge in [-0.3, -0.25) is 9.59 Å². The lowest BCUT2D eigenvalue weighted by molar-refractivity contribution is -0.143. The van der Waals surface area contributed by atoms with Crippen LogP contribution in [-0.4, -0.2) is 48.1 Å². The number of aryl methyl sites for hydroxylation is 1. The van der Waals surface area contributed by atoms with Crippen molar-refractivity contribution in [2.75, 3.05) is 6.61 Å². The normalized spacial score (nSPS) is 11.3. The number of hydrogen-bond acceptors (Lipinski definition) is 8. The van der Waals surface area contributed by atoms with Gasteiger partial charge in [-0.05, 0) is 25.8 Å². The van der Waals surface area contributed by atoms with Gasteiger partial charge in [0, 0.05) is 31.0 Å². The quantitative estimate of drug-likeness (QED) is 0.157.